The van der Waals surface area contributed by atoms with Crippen LogP contribution in [-0.4, -0.2) is 22.6 Å². The van der Waals surface area contributed by atoms with Gasteiger partial charge < -0.3 is 21.7 Å². The maximum absolute atomic E-state index is 11.1. The van der Waals surface area contributed by atoms with E-state index >= 15 is 0 Å². The number of amides is 3. The van der Waals surface area contributed by atoms with Crippen molar-refractivity contribution in [2.75, 3.05) is 0 Å². The van der Waals surface area contributed by atoms with Crippen LogP contribution >= 0.6 is 0 Å². The molecule has 0 aliphatic rings. The number of nitrogens with zero attached hydrogens (tertiary/aromatic N) is 1. The van der Waals surface area contributed by atoms with Gasteiger partial charge in [-0.2, -0.15) is 0 Å². The van der Waals surface area contributed by atoms with E-state index < -0.39 is 17.7 Å². The summed E-state index contributed by atoms with van der Waals surface area (Å²) in [7, 11) is 0. The summed E-state index contributed by atoms with van der Waals surface area (Å²) in [5.74, 6) is -1.76. The van der Waals surface area contributed by atoms with Gasteiger partial charge in [0.05, 0.1) is 0 Å². The predicted molar refractivity (Wildman–Crippen MR) is 66.0 cm³/mol. The summed E-state index contributed by atoms with van der Waals surface area (Å²) >= 11 is 0. The molecule has 0 rings (SSSR count). The Morgan fingerprint density at radius 2 is 1.39 bits per heavy atom. The van der Waals surface area contributed by atoms with Gasteiger partial charge in [0.2, 0.25) is 17.7 Å². The molecular weight excluding hydrogens is 236 g/mol. The van der Waals surface area contributed by atoms with Crippen molar-refractivity contribution in [3.8, 4) is 0 Å². The van der Waals surface area contributed by atoms with E-state index in [0.717, 1.165) is 12.2 Å². The van der Waals surface area contributed by atoms with Crippen molar-refractivity contribution in [1.29, 1.82) is 0 Å². The molecule has 5 N–H and O–H groups in total. The van der Waals surface area contributed by atoms with Crippen molar-refractivity contribution in [2.45, 2.75) is 0 Å². The van der Waals surface area contributed by atoms with Gasteiger partial charge in [0.1, 0.15) is 0 Å². The molecule has 0 aliphatic carbocycles. The number of carbonyl (C=O) groups excluding carboxylic acids is 3. The molecule has 0 radical (unpaired) electrons. The monoisotopic (exact) mass is 250 g/mol. The lowest BCUT2D eigenvalue weighted by molar-refractivity contribution is -0.116. The zero-order valence-electron chi connectivity index (χ0n) is 9.58. The fourth-order valence-corrected chi connectivity index (χ4v) is 0.771. The third-order valence-electron chi connectivity index (χ3n) is 1.46. The van der Waals surface area contributed by atoms with Gasteiger partial charge in [-0.3, -0.25) is 14.4 Å². The maximum atomic E-state index is 11.1. The van der Waals surface area contributed by atoms with Gasteiger partial charge in [-0.25, -0.2) is 0 Å². The number of nitrogens with two attached hydrogens (primary N) is 2. The summed E-state index contributed by atoms with van der Waals surface area (Å²) in [6.07, 6.45) is 8.33. The first kappa shape index (κ1) is 15.2. The summed E-state index contributed by atoms with van der Waals surface area (Å²) in [5.41, 5.74) is 9.83. The number of hydrogen-bond donors (Lipinski definition) is 3. The van der Waals surface area contributed by atoms with Crippen LogP contribution in [0.2, 0.25) is 0 Å². The van der Waals surface area contributed by atoms with Crippen molar-refractivity contribution >= 4 is 17.7 Å². The van der Waals surface area contributed by atoms with Gasteiger partial charge >= 0.3 is 0 Å². The van der Waals surface area contributed by atoms with E-state index in [-0.39, 0.29) is 0 Å². The quantitative estimate of drug-likeness (QED) is 0.505. The van der Waals surface area contributed by atoms with Crippen LogP contribution < -0.4 is 16.8 Å². The minimum atomic E-state index is -0.670. The third kappa shape index (κ3) is 8.48. The standard InChI is InChI=1S/C11H14N4O3/c1-2-14-11(18)5-8-15(6-3-9(12)16)7-4-10(13)17/h2-8H,1H2,(H2,12,16)(H2,13,17)(H,14,18). The molecule has 0 aromatic heterocycles. The minimum Gasteiger partial charge on any atom is -0.366 e. The van der Waals surface area contributed by atoms with Crippen molar-refractivity contribution < 1.29 is 14.4 Å². The second-order valence-corrected chi connectivity index (χ2v) is 2.91. The molecule has 18 heavy (non-hydrogen) atoms. The zero-order chi connectivity index (χ0) is 14.0. The lowest BCUT2D eigenvalue weighted by atomic mass is 10.5. The molecule has 7 nitrogen and oxygen atoms in total. The van der Waals surface area contributed by atoms with Gasteiger partial charge in [-0.1, -0.05) is 6.58 Å². The Kier molecular flexibility index (Phi) is 7.03. The number of hydrogen-bond acceptors (Lipinski definition) is 4. The van der Waals surface area contributed by atoms with Gasteiger partial charge in [0.15, 0.2) is 0 Å². The van der Waals surface area contributed by atoms with E-state index in [9.17, 15) is 14.4 Å². The number of carbonyl (C=O) groups is 3. The van der Waals surface area contributed by atoms with Crippen LogP contribution in [0.25, 0.3) is 0 Å². The van der Waals surface area contributed by atoms with Gasteiger partial charge in [0.25, 0.3) is 0 Å². The molecule has 0 atom stereocenters. The van der Waals surface area contributed by atoms with E-state index in [1.54, 1.807) is 0 Å². The average Bonchev–Trinajstić information content (AvgIpc) is 2.27. The van der Waals surface area contributed by atoms with Crippen LogP contribution in [0.3, 0.4) is 0 Å². The van der Waals surface area contributed by atoms with Crippen LogP contribution in [0.5, 0.6) is 0 Å². The normalized spacial score (nSPS) is 10.9. The van der Waals surface area contributed by atoms with Gasteiger partial charge in [-0.15, -0.1) is 0 Å². The first-order chi connectivity index (χ1) is 8.45. The Hall–Kier alpha value is -2.83. The van der Waals surface area contributed by atoms with Crippen molar-refractivity contribution in [3.05, 3.63) is 49.6 Å². The molecule has 96 valence electrons. The van der Waals surface area contributed by atoms with Crippen LogP contribution in [0.4, 0.5) is 0 Å². The van der Waals surface area contributed by atoms with Crippen LogP contribution in [0, 0.1) is 0 Å². The highest BCUT2D eigenvalue weighted by atomic mass is 16.2. The van der Waals surface area contributed by atoms with Gasteiger partial charge in [-0.05, 0) is 6.20 Å². The Morgan fingerprint density at radius 1 is 0.944 bits per heavy atom. The molecule has 0 aromatic carbocycles. The second-order valence-electron chi connectivity index (χ2n) is 2.91. The van der Waals surface area contributed by atoms with Gasteiger partial charge in [0, 0.05) is 36.8 Å². The first-order valence-corrected chi connectivity index (χ1v) is 4.78. The molecule has 0 saturated heterocycles. The number of nitrogens with one attached hydrogen (secondary N) is 1. The smallest absolute Gasteiger partial charge is 0.249 e. The highest BCUT2D eigenvalue weighted by Crippen LogP contribution is 1.94. The average molecular weight is 250 g/mol. The van der Waals surface area contributed by atoms with Crippen molar-refractivity contribution in [3.63, 3.8) is 0 Å². The summed E-state index contributed by atoms with van der Waals surface area (Å²) in [6.45, 7) is 3.32. The Morgan fingerprint density at radius 3 is 1.78 bits per heavy atom. The largest absolute Gasteiger partial charge is 0.366 e. The fourth-order valence-electron chi connectivity index (χ4n) is 0.771. The van der Waals surface area contributed by atoms with Crippen LogP contribution in [-0.2, 0) is 14.4 Å². The summed E-state index contributed by atoms with van der Waals surface area (Å²) in [5, 5.41) is 2.31. The SMILES string of the molecule is C=CNC(=O)C=CN(C=CC(N)=O)C=CC(N)=O. The van der Waals surface area contributed by atoms with Crippen molar-refractivity contribution in [2.24, 2.45) is 11.5 Å². The van der Waals surface area contributed by atoms with E-state index in [0.29, 0.717) is 0 Å². The third-order valence-corrected chi connectivity index (χ3v) is 1.46. The molecule has 0 aromatic rings. The highest BCUT2D eigenvalue weighted by Gasteiger charge is 1.94. The molecule has 0 aliphatic heterocycles. The number of primary amides is 2. The second kappa shape index (κ2) is 8.34. The molecule has 7 heteroatoms. The lowest BCUT2D eigenvalue weighted by Crippen LogP contribution is -2.15. The topological polar surface area (TPSA) is 119 Å². The summed E-state index contributed by atoms with van der Waals surface area (Å²) in [6, 6.07) is 0. The fraction of sp³-hybridized carbons (Fsp3) is 0. The zero-order valence-corrected chi connectivity index (χ0v) is 9.58. The Bertz CT molecular complexity index is 400. The summed E-state index contributed by atoms with van der Waals surface area (Å²) in [4.78, 5) is 33.5. The molecular formula is C11H14N4O3. The van der Waals surface area contributed by atoms with E-state index in [1.165, 1.54) is 35.8 Å². The maximum Gasteiger partial charge on any atom is 0.249 e. The molecule has 0 saturated carbocycles. The lowest BCUT2D eigenvalue weighted by Gasteiger charge is -2.07. The van der Waals surface area contributed by atoms with E-state index in [2.05, 4.69) is 11.9 Å². The Balaban J connectivity index is 4.75. The molecule has 0 unspecified atom stereocenters. The van der Waals surface area contributed by atoms with Crippen LogP contribution in [0.1, 0.15) is 0 Å². The summed E-state index contributed by atoms with van der Waals surface area (Å²) < 4.78 is 0. The molecule has 0 fully saturated rings. The molecule has 3 amide bonds. The molecule has 0 heterocycles. The predicted octanol–water partition coefficient (Wildman–Crippen LogP) is -0.940. The minimum absolute atomic E-state index is 0.421. The van der Waals surface area contributed by atoms with Crippen LogP contribution in [0.15, 0.2) is 49.6 Å². The molecule has 0 bridgehead atoms. The number of rotatable bonds is 7. The van der Waals surface area contributed by atoms with E-state index in [1.807, 2.05) is 0 Å². The first-order valence-electron chi connectivity index (χ1n) is 4.78. The highest BCUT2D eigenvalue weighted by molar-refractivity contribution is 5.88. The Labute approximate surface area is 104 Å². The van der Waals surface area contributed by atoms with E-state index in [4.69, 9.17) is 11.5 Å². The van der Waals surface area contributed by atoms with Crippen molar-refractivity contribution in [1.82, 2.24) is 10.2 Å². The molecule has 0 spiro atoms.